The molecule has 3 N–H and O–H groups in total. The van der Waals surface area contributed by atoms with Gasteiger partial charge >= 0.3 is 17.9 Å². The Bertz CT molecular complexity index is 1070. The predicted molar refractivity (Wildman–Crippen MR) is 145 cm³/mol. The number of carbonyl (C=O) groups excluding carboxylic acids is 3. The van der Waals surface area contributed by atoms with Gasteiger partial charge in [0, 0.05) is 24.3 Å². The average molecular weight is 560 g/mol. The number of hydrogen-bond acceptors (Lipinski definition) is 7. The molecule has 4 fully saturated rings. The topological polar surface area (TPSA) is 139 Å². The van der Waals surface area contributed by atoms with Gasteiger partial charge in [-0.2, -0.15) is 0 Å². The molecule has 0 aromatic rings. The fourth-order valence-electron chi connectivity index (χ4n) is 9.53. The van der Waals surface area contributed by atoms with E-state index < -0.39 is 17.5 Å². The third-order valence-corrected chi connectivity index (χ3v) is 11.7. The molecule has 1 aliphatic heterocycles. The number of amides is 1. The molecular formula is C31H45NO8. The summed E-state index contributed by atoms with van der Waals surface area (Å²) in [6.07, 6.45) is 10.8. The second-order valence-electron chi connectivity index (χ2n) is 13.6. The van der Waals surface area contributed by atoms with Gasteiger partial charge in [-0.1, -0.05) is 13.8 Å². The number of carboxylic acids is 1. The van der Waals surface area contributed by atoms with E-state index in [1.807, 2.05) is 0 Å². The molecule has 0 aromatic heterocycles. The molecule has 222 valence electrons. The van der Waals surface area contributed by atoms with E-state index >= 15 is 0 Å². The minimum Gasteiger partial charge on any atom is -0.481 e. The van der Waals surface area contributed by atoms with Gasteiger partial charge < -0.3 is 25.0 Å². The van der Waals surface area contributed by atoms with Gasteiger partial charge in [0.25, 0.3) is 0 Å². The highest BCUT2D eigenvalue weighted by Crippen LogP contribution is 2.70. The fraction of sp³-hybridized carbons (Fsp3) is 0.806. The van der Waals surface area contributed by atoms with Crippen LogP contribution in [0, 0.1) is 34.5 Å². The molecule has 9 heteroatoms. The number of carbonyl (C=O) groups is 4. The quantitative estimate of drug-likeness (QED) is 0.285. The molecule has 1 heterocycles. The molecule has 4 saturated carbocycles. The van der Waals surface area contributed by atoms with Gasteiger partial charge in [0.1, 0.15) is 19.3 Å². The number of nitrogens with one attached hydrogen (secondary N) is 1. The van der Waals surface area contributed by atoms with Crippen molar-refractivity contribution in [2.24, 2.45) is 34.5 Å². The maximum atomic E-state index is 12.5. The lowest BCUT2D eigenvalue weighted by Gasteiger charge is -2.63. The molecule has 8 atom stereocenters. The zero-order valence-corrected chi connectivity index (χ0v) is 23.9. The van der Waals surface area contributed by atoms with Gasteiger partial charge in [-0.3, -0.25) is 14.4 Å². The van der Waals surface area contributed by atoms with Crippen LogP contribution in [0.2, 0.25) is 0 Å². The normalized spacial score (nSPS) is 40.2. The number of unbranched alkanes of at least 4 members (excludes halogenated alkanes) is 1. The number of aliphatic carboxylic acids is 1. The molecule has 1 amide bonds. The van der Waals surface area contributed by atoms with Crippen LogP contribution in [0.1, 0.15) is 97.3 Å². The second kappa shape index (κ2) is 11.1. The van der Waals surface area contributed by atoms with E-state index in [0.29, 0.717) is 31.3 Å². The summed E-state index contributed by atoms with van der Waals surface area (Å²) in [7, 11) is 0. The van der Waals surface area contributed by atoms with Crippen molar-refractivity contribution in [3.8, 4) is 0 Å². The van der Waals surface area contributed by atoms with Crippen molar-refractivity contribution in [3.05, 3.63) is 11.6 Å². The van der Waals surface area contributed by atoms with Crippen molar-refractivity contribution in [2.75, 3.05) is 13.2 Å². The summed E-state index contributed by atoms with van der Waals surface area (Å²) < 4.78 is 11.0. The largest absolute Gasteiger partial charge is 0.481 e. The van der Waals surface area contributed by atoms with E-state index in [2.05, 4.69) is 19.2 Å². The van der Waals surface area contributed by atoms with Crippen molar-refractivity contribution in [1.29, 1.82) is 0 Å². The van der Waals surface area contributed by atoms with E-state index in [-0.39, 0.29) is 60.0 Å². The van der Waals surface area contributed by atoms with Crippen LogP contribution in [0.4, 0.5) is 0 Å². The lowest BCUT2D eigenvalue weighted by Crippen LogP contribution is -2.62. The summed E-state index contributed by atoms with van der Waals surface area (Å²) in [5, 5.41) is 23.6. The highest BCUT2D eigenvalue weighted by Gasteiger charge is 2.67. The van der Waals surface area contributed by atoms with E-state index in [0.717, 1.165) is 63.4 Å². The Hall–Kier alpha value is -2.42. The van der Waals surface area contributed by atoms with Crippen LogP contribution >= 0.6 is 0 Å². The summed E-state index contributed by atoms with van der Waals surface area (Å²) in [5.41, 5.74) is 0.163. The van der Waals surface area contributed by atoms with Crippen molar-refractivity contribution >= 4 is 23.8 Å². The molecular weight excluding hydrogens is 514 g/mol. The maximum absolute atomic E-state index is 12.5. The van der Waals surface area contributed by atoms with Crippen LogP contribution in [0.15, 0.2) is 11.6 Å². The van der Waals surface area contributed by atoms with Crippen molar-refractivity contribution in [2.45, 2.75) is 109 Å². The summed E-state index contributed by atoms with van der Waals surface area (Å²) in [6, 6.07) is 0. The first-order chi connectivity index (χ1) is 19.0. The highest BCUT2D eigenvalue weighted by molar-refractivity contribution is 5.85. The van der Waals surface area contributed by atoms with Crippen LogP contribution in [-0.4, -0.2) is 58.9 Å². The highest BCUT2D eigenvalue weighted by atomic mass is 16.5. The van der Waals surface area contributed by atoms with Crippen LogP contribution in [0.3, 0.4) is 0 Å². The minimum absolute atomic E-state index is 0.0354. The SMILES string of the molecule is C[C@]12CC[C@H](OC(=O)CNC(=O)CCCCC(=O)O)C[C@H]1CC[C@@H]1[C@@H]2CC[C@]2(C)[C@@H](C3=CC(=O)OC3)CCC12O. The third-order valence-electron chi connectivity index (χ3n) is 11.7. The Balaban J connectivity index is 1.15. The van der Waals surface area contributed by atoms with Gasteiger partial charge in [-0.15, -0.1) is 0 Å². The van der Waals surface area contributed by atoms with Gasteiger partial charge in [0.05, 0.1) is 5.60 Å². The van der Waals surface area contributed by atoms with Crippen LogP contribution in [0.5, 0.6) is 0 Å². The number of fused-ring (bicyclic) bond motifs is 5. The Kier molecular flexibility index (Phi) is 8.07. The molecule has 1 unspecified atom stereocenters. The molecule has 0 radical (unpaired) electrons. The standard InChI is InChI=1S/C31H45NO8/c1-29-12-9-21(40-28(37)17-32-25(33)5-3-4-6-26(34)35)16-20(29)7-8-24-23(29)10-13-30(2)22(11-14-31(24,30)38)19-15-27(36)39-18-19/h15,20-24,38H,3-14,16-18H2,1-2H3,(H,32,33)(H,34,35)/t20-,21+,22-,23+,24-,29+,30-,31?/m1/s1. The fourth-order valence-corrected chi connectivity index (χ4v) is 9.53. The van der Waals surface area contributed by atoms with Crippen LogP contribution in [0.25, 0.3) is 0 Å². The molecule has 0 spiro atoms. The maximum Gasteiger partial charge on any atom is 0.331 e. The first kappa shape index (κ1) is 29.1. The zero-order chi connectivity index (χ0) is 28.7. The molecule has 9 nitrogen and oxygen atoms in total. The van der Waals surface area contributed by atoms with E-state index in [1.54, 1.807) is 6.08 Å². The van der Waals surface area contributed by atoms with Crippen molar-refractivity contribution in [3.63, 3.8) is 0 Å². The lowest BCUT2D eigenvalue weighted by molar-refractivity contribution is -0.210. The van der Waals surface area contributed by atoms with Crippen molar-refractivity contribution < 1.29 is 38.9 Å². The minimum atomic E-state index is -0.877. The summed E-state index contributed by atoms with van der Waals surface area (Å²) in [6.45, 7) is 4.83. The number of esters is 2. The Labute approximate surface area is 236 Å². The smallest absolute Gasteiger partial charge is 0.331 e. The molecule has 5 aliphatic rings. The van der Waals surface area contributed by atoms with Crippen LogP contribution in [-0.2, 0) is 28.7 Å². The van der Waals surface area contributed by atoms with Gasteiger partial charge in [-0.25, -0.2) is 4.79 Å². The number of cyclic esters (lactones) is 1. The molecule has 4 aliphatic carbocycles. The van der Waals surface area contributed by atoms with Gasteiger partial charge in [0.2, 0.25) is 5.91 Å². The summed E-state index contributed by atoms with van der Waals surface area (Å²) in [4.78, 5) is 46.8. The first-order valence-corrected chi connectivity index (χ1v) is 15.2. The van der Waals surface area contributed by atoms with E-state index in [4.69, 9.17) is 14.6 Å². The van der Waals surface area contributed by atoms with Crippen LogP contribution < -0.4 is 5.32 Å². The Morgan fingerprint density at radius 3 is 2.52 bits per heavy atom. The molecule has 5 rings (SSSR count). The molecule has 0 saturated heterocycles. The number of aliphatic hydroxyl groups is 1. The average Bonchev–Trinajstić information content (AvgIpc) is 3.45. The van der Waals surface area contributed by atoms with Crippen molar-refractivity contribution in [1.82, 2.24) is 5.32 Å². The zero-order valence-electron chi connectivity index (χ0n) is 23.9. The van der Waals surface area contributed by atoms with Gasteiger partial charge in [-0.05, 0) is 105 Å². The van der Waals surface area contributed by atoms with E-state index in [9.17, 15) is 24.3 Å². The van der Waals surface area contributed by atoms with E-state index in [1.165, 1.54) is 0 Å². The molecule has 40 heavy (non-hydrogen) atoms. The summed E-state index contributed by atoms with van der Waals surface area (Å²) in [5.74, 6) is -0.549. The second-order valence-corrected chi connectivity index (χ2v) is 13.6. The Morgan fingerprint density at radius 1 is 1.02 bits per heavy atom. The number of rotatable bonds is 9. The molecule has 0 bridgehead atoms. The Morgan fingerprint density at radius 2 is 1.80 bits per heavy atom. The number of carboxylic acid groups (broad SMARTS) is 1. The monoisotopic (exact) mass is 559 g/mol. The third kappa shape index (κ3) is 5.19. The number of ether oxygens (including phenoxy) is 2. The first-order valence-electron chi connectivity index (χ1n) is 15.2. The van der Waals surface area contributed by atoms with Gasteiger partial charge in [0.15, 0.2) is 0 Å². The number of hydrogen-bond donors (Lipinski definition) is 3. The molecule has 0 aromatic carbocycles. The summed E-state index contributed by atoms with van der Waals surface area (Å²) >= 11 is 0. The predicted octanol–water partition coefficient (Wildman–Crippen LogP) is 3.92. The lowest BCUT2D eigenvalue weighted by atomic mass is 9.43.